The molecule has 1 fully saturated rings. The van der Waals surface area contributed by atoms with Crippen LogP contribution < -0.4 is 11.1 Å². The molecule has 1 aliphatic carbocycles. The maximum atomic E-state index is 12.3. The highest BCUT2D eigenvalue weighted by atomic mass is 16.2. The standard InChI is InChI=1S/C13H25N3O2/c1-3-7-15-11(17)9-16(8-4-2)12(18)13(10-14)5-6-13/h3-10,14H2,1-2H3,(H,15,17). The van der Waals surface area contributed by atoms with E-state index in [9.17, 15) is 9.59 Å². The van der Waals surface area contributed by atoms with Gasteiger partial charge in [-0.25, -0.2) is 0 Å². The summed E-state index contributed by atoms with van der Waals surface area (Å²) in [6, 6.07) is 0. The Morgan fingerprint density at radius 1 is 1.28 bits per heavy atom. The van der Waals surface area contributed by atoms with Crippen LogP contribution in [0.1, 0.15) is 39.5 Å². The van der Waals surface area contributed by atoms with Crippen molar-refractivity contribution in [2.45, 2.75) is 39.5 Å². The summed E-state index contributed by atoms with van der Waals surface area (Å²) in [4.78, 5) is 25.7. The summed E-state index contributed by atoms with van der Waals surface area (Å²) in [7, 11) is 0. The Kier molecular flexibility index (Phi) is 5.59. The molecule has 1 rings (SSSR count). The Balaban J connectivity index is 2.54. The van der Waals surface area contributed by atoms with Crippen molar-refractivity contribution in [3.05, 3.63) is 0 Å². The number of carbonyl (C=O) groups is 2. The second-order valence-electron chi connectivity index (χ2n) is 5.06. The van der Waals surface area contributed by atoms with E-state index in [1.807, 2.05) is 13.8 Å². The summed E-state index contributed by atoms with van der Waals surface area (Å²) in [5.41, 5.74) is 5.31. The van der Waals surface area contributed by atoms with Crippen LogP contribution in [-0.2, 0) is 9.59 Å². The van der Waals surface area contributed by atoms with E-state index in [-0.39, 0.29) is 23.8 Å². The highest BCUT2D eigenvalue weighted by molar-refractivity contribution is 5.89. The first-order valence-electron chi connectivity index (χ1n) is 6.85. The van der Waals surface area contributed by atoms with Crippen molar-refractivity contribution in [1.29, 1.82) is 0 Å². The topological polar surface area (TPSA) is 75.4 Å². The Hall–Kier alpha value is -1.10. The molecule has 5 nitrogen and oxygen atoms in total. The second-order valence-corrected chi connectivity index (χ2v) is 5.06. The molecule has 1 aliphatic rings. The molecule has 0 spiro atoms. The number of rotatable bonds is 8. The van der Waals surface area contributed by atoms with Gasteiger partial charge in [0, 0.05) is 19.6 Å². The van der Waals surface area contributed by atoms with E-state index in [0.717, 1.165) is 25.7 Å². The average Bonchev–Trinajstić information content (AvgIpc) is 3.16. The van der Waals surface area contributed by atoms with E-state index in [1.165, 1.54) is 0 Å². The minimum absolute atomic E-state index is 0.0542. The maximum Gasteiger partial charge on any atom is 0.239 e. The van der Waals surface area contributed by atoms with Gasteiger partial charge in [-0.2, -0.15) is 0 Å². The molecule has 0 unspecified atom stereocenters. The quantitative estimate of drug-likeness (QED) is 0.663. The van der Waals surface area contributed by atoms with Crippen LogP contribution in [0, 0.1) is 5.41 Å². The van der Waals surface area contributed by atoms with Gasteiger partial charge in [0.25, 0.3) is 0 Å². The van der Waals surface area contributed by atoms with Crippen LogP contribution in [0.5, 0.6) is 0 Å². The zero-order valence-electron chi connectivity index (χ0n) is 11.5. The molecule has 0 radical (unpaired) electrons. The SMILES string of the molecule is CCCNC(=O)CN(CCC)C(=O)C1(CN)CC1. The summed E-state index contributed by atoms with van der Waals surface area (Å²) in [5, 5.41) is 2.80. The van der Waals surface area contributed by atoms with Gasteiger partial charge < -0.3 is 16.0 Å². The highest BCUT2D eigenvalue weighted by Gasteiger charge is 2.50. The van der Waals surface area contributed by atoms with E-state index in [4.69, 9.17) is 5.73 Å². The summed E-state index contributed by atoms with van der Waals surface area (Å²) >= 11 is 0. The number of nitrogens with one attached hydrogen (secondary N) is 1. The molecule has 104 valence electrons. The Labute approximate surface area is 109 Å². The monoisotopic (exact) mass is 255 g/mol. The third-order valence-electron chi connectivity index (χ3n) is 3.39. The number of amides is 2. The van der Waals surface area contributed by atoms with Gasteiger partial charge in [-0.1, -0.05) is 13.8 Å². The molecule has 0 atom stereocenters. The van der Waals surface area contributed by atoms with Gasteiger partial charge in [0.1, 0.15) is 0 Å². The molecule has 0 aromatic carbocycles. The number of hydrogen-bond donors (Lipinski definition) is 2. The first-order valence-corrected chi connectivity index (χ1v) is 6.85. The van der Waals surface area contributed by atoms with Crippen molar-refractivity contribution in [1.82, 2.24) is 10.2 Å². The van der Waals surface area contributed by atoms with Crippen LogP contribution in [0.15, 0.2) is 0 Å². The normalized spacial score (nSPS) is 16.2. The molecule has 0 bridgehead atoms. The fourth-order valence-corrected chi connectivity index (χ4v) is 2.01. The summed E-state index contributed by atoms with van der Waals surface area (Å²) in [6.45, 7) is 5.85. The average molecular weight is 255 g/mol. The van der Waals surface area contributed by atoms with E-state index >= 15 is 0 Å². The van der Waals surface area contributed by atoms with E-state index in [0.29, 0.717) is 19.6 Å². The number of hydrogen-bond acceptors (Lipinski definition) is 3. The van der Waals surface area contributed by atoms with E-state index in [2.05, 4.69) is 5.32 Å². The maximum absolute atomic E-state index is 12.3. The lowest BCUT2D eigenvalue weighted by molar-refractivity contribution is -0.140. The minimum Gasteiger partial charge on any atom is -0.355 e. The van der Waals surface area contributed by atoms with Gasteiger partial charge >= 0.3 is 0 Å². The third kappa shape index (κ3) is 3.70. The van der Waals surface area contributed by atoms with E-state index < -0.39 is 0 Å². The number of carbonyl (C=O) groups excluding carboxylic acids is 2. The Morgan fingerprint density at radius 2 is 1.94 bits per heavy atom. The molecule has 0 aromatic rings. The lowest BCUT2D eigenvalue weighted by Gasteiger charge is -2.26. The van der Waals surface area contributed by atoms with Crippen LogP contribution in [-0.4, -0.2) is 42.9 Å². The summed E-state index contributed by atoms with van der Waals surface area (Å²) in [5.74, 6) is -0.0232. The largest absolute Gasteiger partial charge is 0.355 e. The molecule has 0 aromatic heterocycles. The molecule has 18 heavy (non-hydrogen) atoms. The predicted octanol–water partition coefficient (Wildman–Crippen LogP) is 0.490. The van der Waals surface area contributed by atoms with Crippen molar-refractivity contribution in [3.63, 3.8) is 0 Å². The summed E-state index contributed by atoms with van der Waals surface area (Å²) < 4.78 is 0. The molecule has 1 saturated carbocycles. The number of nitrogens with zero attached hydrogens (tertiary/aromatic N) is 1. The van der Waals surface area contributed by atoms with Gasteiger partial charge in [-0.3, -0.25) is 9.59 Å². The van der Waals surface area contributed by atoms with Crippen molar-refractivity contribution in [2.24, 2.45) is 11.1 Å². The van der Waals surface area contributed by atoms with Crippen LogP contribution >= 0.6 is 0 Å². The zero-order chi connectivity index (χ0) is 13.6. The van der Waals surface area contributed by atoms with Crippen LogP contribution in [0.25, 0.3) is 0 Å². The lowest BCUT2D eigenvalue weighted by Crippen LogP contribution is -2.46. The predicted molar refractivity (Wildman–Crippen MR) is 70.9 cm³/mol. The minimum atomic E-state index is -0.361. The summed E-state index contributed by atoms with van der Waals surface area (Å²) in [6.07, 6.45) is 3.48. The first-order chi connectivity index (χ1) is 8.59. The van der Waals surface area contributed by atoms with E-state index in [1.54, 1.807) is 4.90 Å². The molecule has 0 aliphatic heterocycles. The third-order valence-corrected chi connectivity index (χ3v) is 3.39. The van der Waals surface area contributed by atoms with Gasteiger partial charge in [-0.05, 0) is 25.7 Å². The number of nitrogens with two attached hydrogens (primary N) is 1. The first kappa shape index (κ1) is 15.0. The smallest absolute Gasteiger partial charge is 0.239 e. The molecular formula is C13H25N3O2. The van der Waals surface area contributed by atoms with Crippen molar-refractivity contribution < 1.29 is 9.59 Å². The highest BCUT2D eigenvalue weighted by Crippen LogP contribution is 2.46. The Bertz CT molecular complexity index is 301. The van der Waals surface area contributed by atoms with Crippen LogP contribution in [0.2, 0.25) is 0 Å². The van der Waals surface area contributed by atoms with Gasteiger partial charge in [0.15, 0.2) is 0 Å². The lowest BCUT2D eigenvalue weighted by atomic mass is 10.1. The van der Waals surface area contributed by atoms with Crippen molar-refractivity contribution >= 4 is 11.8 Å². The van der Waals surface area contributed by atoms with Crippen LogP contribution in [0.4, 0.5) is 0 Å². The fourth-order valence-electron chi connectivity index (χ4n) is 2.01. The van der Waals surface area contributed by atoms with Crippen molar-refractivity contribution in [3.8, 4) is 0 Å². The van der Waals surface area contributed by atoms with Gasteiger partial charge in [-0.15, -0.1) is 0 Å². The molecule has 2 amide bonds. The molecule has 0 saturated heterocycles. The molecular weight excluding hydrogens is 230 g/mol. The molecule has 0 heterocycles. The second kappa shape index (κ2) is 6.73. The molecule has 5 heteroatoms. The fraction of sp³-hybridized carbons (Fsp3) is 0.846. The van der Waals surface area contributed by atoms with Gasteiger partial charge in [0.2, 0.25) is 11.8 Å². The van der Waals surface area contributed by atoms with Crippen LogP contribution in [0.3, 0.4) is 0 Å². The zero-order valence-corrected chi connectivity index (χ0v) is 11.5. The Morgan fingerprint density at radius 3 is 2.39 bits per heavy atom. The van der Waals surface area contributed by atoms with Gasteiger partial charge in [0.05, 0.1) is 12.0 Å². The molecule has 3 N–H and O–H groups in total. The van der Waals surface area contributed by atoms with Crippen molar-refractivity contribution in [2.75, 3.05) is 26.2 Å².